The van der Waals surface area contributed by atoms with E-state index in [9.17, 15) is 18.0 Å². The smallest absolute Gasteiger partial charge is 0.243 e. The summed E-state index contributed by atoms with van der Waals surface area (Å²) in [5, 5.41) is 3.03. The van der Waals surface area contributed by atoms with Crippen LogP contribution in [0, 0.1) is 19.8 Å². The van der Waals surface area contributed by atoms with Crippen molar-refractivity contribution in [3.8, 4) is 0 Å². The van der Waals surface area contributed by atoms with E-state index in [2.05, 4.69) is 21.2 Å². The first-order valence-corrected chi connectivity index (χ1v) is 16.9. The third kappa shape index (κ3) is 9.98. The number of nitrogens with one attached hydrogen (secondary N) is 1. The Bertz CT molecular complexity index is 1460. The van der Waals surface area contributed by atoms with Gasteiger partial charge in [-0.1, -0.05) is 84.4 Å². The maximum absolute atomic E-state index is 14.0. The monoisotopic (exact) mass is 655 g/mol. The summed E-state index contributed by atoms with van der Waals surface area (Å²) in [6.45, 7) is 8.76. The van der Waals surface area contributed by atoms with Gasteiger partial charge in [0.1, 0.15) is 6.04 Å². The molecule has 0 aliphatic heterocycles. The molecule has 0 radical (unpaired) electrons. The molecule has 0 aromatic heterocycles. The van der Waals surface area contributed by atoms with Crippen LogP contribution in [0.25, 0.3) is 0 Å². The summed E-state index contributed by atoms with van der Waals surface area (Å²) in [6, 6.07) is 22.3. The van der Waals surface area contributed by atoms with Crippen LogP contribution in [0.4, 0.5) is 5.69 Å². The number of anilines is 1. The van der Waals surface area contributed by atoms with E-state index in [4.69, 9.17) is 0 Å². The molecule has 0 aliphatic carbocycles. The molecule has 42 heavy (non-hydrogen) atoms. The fourth-order valence-corrected chi connectivity index (χ4v) is 6.24. The quantitative estimate of drug-likeness (QED) is 0.230. The number of nitrogens with zero attached hydrogens (tertiary/aromatic N) is 2. The van der Waals surface area contributed by atoms with E-state index in [0.717, 1.165) is 26.7 Å². The molecule has 0 heterocycles. The van der Waals surface area contributed by atoms with Crippen LogP contribution in [-0.2, 0) is 32.6 Å². The van der Waals surface area contributed by atoms with Gasteiger partial charge in [-0.05, 0) is 66.6 Å². The molecular formula is C33H42BrN3O4S. The minimum atomic E-state index is -3.58. The van der Waals surface area contributed by atoms with Crippen molar-refractivity contribution < 1.29 is 18.0 Å². The standard InChI is InChI=1S/C33H42BrN3O4S/c1-24(2)22-35-33(39)31(21-27-11-7-6-8-12-27)36(23-28-13-9-14-29(34)20-28)32(38)15-10-18-37(42(5,40)41)30-19-25(3)16-17-26(30)4/h6-9,11-14,16-17,19-20,24,31H,10,15,18,21-23H2,1-5H3,(H,35,39). The van der Waals surface area contributed by atoms with Gasteiger partial charge in [-0.15, -0.1) is 0 Å². The van der Waals surface area contributed by atoms with Gasteiger partial charge in [0.2, 0.25) is 21.8 Å². The number of hydrogen-bond acceptors (Lipinski definition) is 4. The van der Waals surface area contributed by atoms with E-state index in [1.54, 1.807) is 4.90 Å². The topological polar surface area (TPSA) is 86.8 Å². The highest BCUT2D eigenvalue weighted by atomic mass is 79.9. The summed E-state index contributed by atoms with van der Waals surface area (Å²) in [6.07, 6.45) is 1.95. The molecule has 3 aromatic rings. The molecular weight excluding hydrogens is 614 g/mol. The highest BCUT2D eigenvalue weighted by Crippen LogP contribution is 2.25. The highest BCUT2D eigenvalue weighted by molar-refractivity contribution is 9.10. The molecule has 1 unspecified atom stereocenters. The van der Waals surface area contributed by atoms with Crippen LogP contribution in [0.5, 0.6) is 0 Å². The number of carbonyl (C=O) groups is 2. The predicted molar refractivity (Wildman–Crippen MR) is 174 cm³/mol. The maximum atomic E-state index is 14.0. The van der Waals surface area contributed by atoms with Crippen LogP contribution in [0.2, 0.25) is 0 Å². The first-order valence-electron chi connectivity index (χ1n) is 14.3. The molecule has 1 N–H and O–H groups in total. The third-order valence-electron chi connectivity index (χ3n) is 6.98. The van der Waals surface area contributed by atoms with Crippen LogP contribution in [0.3, 0.4) is 0 Å². The van der Waals surface area contributed by atoms with Crippen molar-refractivity contribution in [2.24, 2.45) is 5.92 Å². The molecule has 0 spiro atoms. The van der Waals surface area contributed by atoms with Crippen LogP contribution < -0.4 is 9.62 Å². The second kappa shape index (κ2) is 15.3. The SMILES string of the molecule is Cc1ccc(C)c(N(CCCC(=O)N(Cc2cccc(Br)c2)C(Cc2ccccc2)C(=O)NCC(C)C)S(C)(=O)=O)c1. The first kappa shape index (κ1) is 33.3. The second-order valence-electron chi connectivity index (χ2n) is 11.2. The molecule has 3 rings (SSSR count). The number of aryl methyl sites for hydroxylation is 2. The number of hydrogen-bond donors (Lipinski definition) is 1. The Kier molecular flexibility index (Phi) is 12.2. The lowest BCUT2D eigenvalue weighted by molar-refractivity contribution is -0.141. The van der Waals surface area contributed by atoms with Crippen molar-refractivity contribution in [1.82, 2.24) is 10.2 Å². The van der Waals surface area contributed by atoms with Gasteiger partial charge >= 0.3 is 0 Å². The first-order chi connectivity index (χ1) is 19.8. The van der Waals surface area contributed by atoms with Gasteiger partial charge < -0.3 is 10.2 Å². The summed E-state index contributed by atoms with van der Waals surface area (Å²) in [5.41, 5.74) is 4.26. The Hall–Kier alpha value is -3.17. The molecule has 0 fully saturated rings. The van der Waals surface area contributed by atoms with Gasteiger partial charge in [0.15, 0.2) is 0 Å². The number of amides is 2. The van der Waals surface area contributed by atoms with Gasteiger partial charge in [-0.2, -0.15) is 0 Å². The molecule has 0 aliphatic rings. The van der Waals surface area contributed by atoms with Gasteiger partial charge in [-0.25, -0.2) is 8.42 Å². The van der Waals surface area contributed by atoms with E-state index in [1.165, 1.54) is 10.6 Å². The van der Waals surface area contributed by atoms with Gasteiger partial charge in [-0.3, -0.25) is 13.9 Å². The molecule has 3 aromatic carbocycles. The Balaban J connectivity index is 1.90. The molecule has 226 valence electrons. The average molecular weight is 657 g/mol. The molecule has 9 heteroatoms. The van der Waals surface area contributed by atoms with Crippen molar-refractivity contribution in [3.05, 3.63) is 99.5 Å². The number of sulfonamides is 1. The second-order valence-corrected chi connectivity index (χ2v) is 14.0. The molecule has 7 nitrogen and oxygen atoms in total. The zero-order valence-corrected chi connectivity index (χ0v) is 27.5. The fraction of sp³-hybridized carbons (Fsp3) is 0.394. The van der Waals surface area contributed by atoms with Crippen molar-refractivity contribution >= 4 is 43.5 Å². The molecule has 0 saturated carbocycles. The van der Waals surface area contributed by atoms with E-state index in [-0.39, 0.29) is 37.2 Å². The molecule has 2 amide bonds. The lowest BCUT2D eigenvalue weighted by Gasteiger charge is -2.32. The minimum absolute atomic E-state index is 0.0909. The minimum Gasteiger partial charge on any atom is -0.354 e. The number of benzene rings is 3. The third-order valence-corrected chi connectivity index (χ3v) is 8.66. The van der Waals surface area contributed by atoms with Crippen molar-refractivity contribution in [1.29, 1.82) is 0 Å². The normalized spacial score (nSPS) is 12.2. The summed E-state index contributed by atoms with van der Waals surface area (Å²) in [7, 11) is -3.58. The van der Waals surface area contributed by atoms with Crippen LogP contribution in [0.1, 0.15) is 48.9 Å². The fourth-order valence-electron chi connectivity index (χ4n) is 4.78. The lowest BCUT2D eigenvalue weighted by atomic mass is 10.0. The Morgan fingerprint density at radius 1 is 0.929 bits per heavy atom. The summed E-state index contributed by atoms with van der Waals surface area (Å²) >= 11 is 3.51. The number of rotatable bonds is 14. The maximum Gasteiger partial charge on any atom is 0.243 e. The van der Waals surface area contributed by atoms with Gasteiger partial charge in [0, 0.05) is 36.9 Å². The molecule has 1 atom stereocenters. The van der Waals surface area contributed by atoms with Crippen LogP contribution in [-0.4, -0.2) is 50.5 Å². The van der Waals surface area contributed by atoms with Gasteiger partial charge in [0.05, 0.1) is 11.9 Å². The van der Waals surface area contributed by atoms with Crippen LogP contribution >= 0.6 is 15.9 Å². The predicted octanol–water partition coefficient (Wildman–Crippen LogP) is 6.02. The zero-order chi connectivity index (χ0) is 30.9. The zero-order valence-electron chi connectivity index (χ0n) is 25.1. The number of carbonyl (C=O) groups excluding carboxylic acids is 2. The van der Waals surface area contributed by atoms with E-state index >= 15 is 0 Å². The van der Waals surface area contributed by atoms with E-state index < -0.39 is 16.1 Å². The summed E-state index contributed by atoms with van der Waals surface area (Å²) in [4.78, 5) is 29.2. The largest absolute Gasteiger partial charge is 0.354 e. The number of halogens is 1. The summed E-state index contributed by atoms with van der Waals surface area (Å²) in [5.74, 6) is -0.151. The summed E-state index contributed by atoms with van der Waals surface area (Å²) < 4.78 is 27.8. The average Bonchev–Trinajstić information content (AvgIpc) is 2.93. The Morgan fingerprint density at radius 3 is 2.26 bits per heavy atom. The highest BCUT2D eigenvalue weighted by Gasteiger charge is 2.30. The van der Waals surface area contributed by atoms with Crippen molar-refractivity contribution in [2.45, 2.75) is 59.5 Å². The van der Waals surface area contributed by atoms with Crippen molar-refractivity contribution in [3.63, 3.8) is 0 Å². The Morgan fingerprint density at radius 2 is 1.62 bits per heavy atom. The van der Waals surface area contributed by atoms with E-state index in [0.29, 0.717) is 25.1 Å². The van der Waals surface area contributed by atoms with Gasteiger partial charge in [0.25, 0.3) is 0 Å². The molecule has 0 bridgehead atoms. The van der Waals surface area contributed by atoms with Crippen LogP contribution in [0.15, 0.2) is 77.3 Å². The van der Waals surface area contributed by atoms with E-state index in [1.807, 2.05) is 100 Å². The Labute approximate surface area is 259 Å². The molecule has 0 saturated heterocycles. The lowest BCUT2D eigenvalue weighted by Crippen LogP contribution is -2.51. The van der Waals surface area contributed by atoms with Crippen molar-refractivity contribution in [2.75, 3.05) is 23.7 Å².